The first-order chi connectivity index (χ1) is 11.0. The molecule has 1 amide bonds. The van der Waals surface area contributed by atoms with Crippen LogP contribution in [0.1, 0.15) is 38.7 Å². The van der Waals surface area contributed by atoms with E-state index in [1.807, 2.05) is 43.3 Å². The Labute approximate surface area is 147 Å². The van der Waals surface area contributed by atoms with E-state index in [0.29, 0.717) is 10.9 Å². The van der Waals surface area contributed by atoms with Gasteiger partial charge in [0.1, 0.15) is 0 Å². The van der Waals surface area contributed by atoms with Crippen molar-refractivity contribution in [2.45, 2.75) is 43.3 Å². The molecule has 0 saturated carbocycles. The molecular formula is C19H22ClNOS. The topological polar surface area (TPSA) is 29.1 Å². The zero-order valence-electron chi connectivity index (χ0n) is 13.7. The Bertz CT molecular complexity index is 637. The van der Waals surface area contributed by atoms with Gasteiger partial charge in [0.15, 0.2) is 0 Å². The highest BCUT2D eigenvalue weighted by Crippen LogP contribution is 2.27. The Hall–Kier alpha value is -1.45. The van der Waals surface area contributed by atoms with Crippen LogP contribution in [-0.4, -0.2) is 11.2 Å². The minimum absolute atomic E-state index is 0.0322. The summed E-state index contributed by atoms with van der Waals surface area (Å²) in [6, 6.07) is 15.6. The lowest BCUT2D eigenvalue weighted by Crippen LogP contribution is -2.24. The molecule has 0 unspecified atom stereocenters. The Kier molecular flexibility index (Phi) is 6.55. The van der Waals surface area contributed by atoms with Crippen molar-refractivity contribution in [3.8, 4) is 0 Å². The van der Waals surface area contributed by atoms with Crippen molar-refractivity contribution in [1.29, 1.82) is 0 Å². The number of anilines is 1. The smallest absolute Gasteiger partial charge is 0.237 e. The molecule has 0 spiro atoms. The maximum absolute atomic E-state index is 12.5. The van der Waals surface area contributed by atoms with Crippen molar-refractivity contribution in [2.24, 2.45) is 0 Å². The molecule has 2 aromatic carbocycles. The van der Waals surface area contributed by atoms with E-state index < -0.39 is 0 Å². The van der Waals surface area contributed by atoms with Gasteiger partial charge in [0, 0.05) is 15.6 Å². The van der Waals surface area contributed by atoms with Gasteiger partial charge in [-0.3, -0.25) is 4.79 Å². The Morgan fingerprint density at radius 1 is 1.09 bits per heavy atom. The van der Waals surface area contributed by atoms with Gasteiger partial charge in [0.2, 0.25) is 5.91 Å². The van der Waals surface area contributed by atoms with Gasteiger partial charge in [0.05, 0.1) is 5.25 Å². The van der Waals surface area contributed by atoms with E-state index in [9.17, 15) is 4.79 Å². The highest BCUT2D eigenvalue weighted by atomic mass is 35.5. The average Bonchev–Trinajstić information content (AvgIpc) is 2.54. The van der Waals surface area contributed by atoms with E-state index in [1.54, 1.807) is 11.8 Å². The monoisotopic (exact) mass is 347 g/mol. The lowest BCUT2D eigenvalue weighted by Gasteiger charge is -2.15. The molecule has 1 atom stereocenters. The van der Waals surface area contributed by atoms with Gasteiger partial charge in [-0.05, 0) is 54.3 Å². The zero-order valence-corrected chi connectivity index (χ0v) is 15.2. The number of hydrogen-bond acceptors (Lipinski definition) is 2. The zero-order chi connectivity index (χ0) is 16.8. The van der Waals surface area contributed by atoms with Crippen LogP contribution in [0.5, 0.6) is 0 Å². The van der Waals surface area contributed by atoms with Crippen LogP contribution >= 0.6 is 23.4 Å². The van der Waals surface area contributed by atoms with Crippen molar-refractivity contribution in [1.82, 2.24) is 0 Å². The second-order valence-corrected chi connectivity index (χ2v) is 7.45. The molecule has 0 heterocycles. The number of thioether (sulfide) groups is 1. The van der Waals surface area contributed by atoms with E-state index in [-0.39, 0.29) is 11.2 Å². The van der Waals surface area contributed by atoms with Crippen LogP contribution < -0.4 is 5.32 Å². The molecule has 2 aromatic rings. The molecule has 0 aliphatic carbocycles. The van der Waals surface area contributed by atoms with Crippen LogP contribution in [0, 0.1) is 0 Å². The first kappa shape index (κ1) is 17.9. The van der Waals surface area contributed by atoms with E-state index in [0.717, 1.165) is 17.0 Å². The third kappa shape index (κ3) is 5.29. The highest BCUT2D eigenvalue weighted by molar-refractivity contribution is 8.00. The molecule has 4 heteroatoms. The van der Waals surface area contributed by atoms with Crippen LogP contribution in [0.2, 0.25) is 5.02 Å². The number of benzene rings is 2. The summed E-state index contributed by atoms with van der Waals surface area (Å²) in [5.74, 6) is 0.522. The standard InChI is InChI=1S/C19H22ClNOS/c1-4-18(23-17-11-7-15(20)8-12-17)19(22)21-16-9-5-14(6-10-16)13(2)3/h5-13,18H,4H2,1-3H3,(H,21,22)/t18-/m0/s1. The van der Waals surface area contributed by atoms with Crippen LogP contribution in [-0.2, 0) is 4.79 Å². The molecule has 122 valence electrons. The minimum Gasteiger partial charge on any atom is -0.325 e. The second-order valence-electron chi connectivity index (χ2n) is 5.73. The van der Waals surface area contributed by atoms with Crippen molar-refractivity contribution in [2.75, 3.05) is 5.32 Å². The predicted molar refractivity (Wildman–Crippen MR) is 101 cm³/mol. The van der Waals surface area contributed by atoms with E-state index in [4.69, 9.17) is 11.6 Å². The van der Waals surface area contributed by atoms with Gasteiger partial charge in [0.25, 0.3) is 0 Å². The molecule has 0 saturated heterocycles. The normalized spacial score (nSPS) is 12.2. The summed E-state index contributed by atoms with van der Waals surface area (Å²) in [7, 11) is 0. The van der Waals surface area contributed by atoms with Gasteiger partial charge in [-0.25, -0.2) is 0 Å². The van der Waals surface area contributed by atoms with E-state index >= 15 is 0 Å². The Morgan fingerprint density at radius 3 is 2.22 bits per heavy atom. The van der Waals surface area contributed by atoms with Crippen molar-refractivity contribution < 1.29 is 4.79 Å². The van der Waals surface area contributed by atoms with Gasteiger partial charge in [-0.2, -0.15) is 0 Å². The second kappa shape index (κ2) is 8.42. The first-order valence-electron chi connectivity index (χ1n) is 7.82. The third-order valence-electron chi connectivity index (χ3n) is 3.60. The fourth-order valence-corrected chi connectivity index (χ4v) is 3.25. The molecule has 0 radical (unpaired) electrons. The summed E-state index contributed by atoms with van der Waals surface area (Å²) in [6.07, 6.45) is 0.767. The summed E-state index contributed by atoms with van der Waals surface area (Å²) >= 11 is 7.46. The van der Waals surface area contributed by atoms with Crippen LogP contribution in [0.4, 0.5) is 5.69 Å². The number of nitrogens with one attached hydrogen (secondary N) is 1. The summed E-state index contributed by atoms with van der Waals surface area (Å²) in [4.78, 5) is 13.5. The van der Waals surface area contributed by atoms with Crippen molar-refractivity contribution in [3.63, 3.8) is 0 Å². The fraction of sp³-hybridized carbons (Fsp3) is 0.316. The number of halogens is 1. The number of rotatable bonds is 6. The number of hydrogen-bond donors (Lipinski definition) is 1. The minimum atomic E-state index is -0.124. The first-order valence-corrected chi connectivity index (χ1v) is 9.08. The molecule has 23 heavy (non-hydrogen) atoms. The Morgan fingerprint density at radius 2 is 1.70 bits per heavy atom. The summed E-state index contributed by atoms with van der Waals surface area (Å²) < 4.78 is 0. The molecule has 1 N–H and O–H groups in total. The lowest BCUT2D eigenvalue weighted by molar-refractivity contribution is -0.115. The molecule has 0 aliphatic heterocycles. The predicted octanol–water partition coefficient (Wildman–Crippen LogP) is 5.97. The number of carbonyl (C=O) groups excluding carboxylic acids is 1. The molecule has 0 bridgehead atoms. The largest absolute Gasteiger partial charge is 0.325 e. The molecule has 2 nitrogen and oxygen atoms in total. The molecular weight excluding hydrogens is 326 g/mol. The van der Waals surface area contributed by atoms with Crippen LogP contribution in [0.25, 0.3) is 0 Å². The lowest BCUT2D eigenvalue weighted by atomic mass is 10.0. The SMILES string of the molecule is CC[C@H](Sc1ccc(Cl)cc1)C(=O)Nc1ccc(C(C)C)cc1. The summed E-state index contributed by atoms with van der Waals surface area (Å²) in [6.45, 7) is 6.34. The maximum atomic E-state index is 12.5. The summed E-state index contributed by atoms with van der Waals surface area (Å²) in [5, 5.41) is 3.59. The average molecular weight is 348 g/mol. The van der Waals surface area contributed by atoms with Crippen LogP contribution in [0.3, 0.4) is 0 Å². The van der Waals surface area contributed by atoms with Gasteiger partial charge in [-0.1, -0.05) is 44.5 Å². The van der Waals surface area contributed by atoms with Crippen LogP contribution in [0.15, 0.2) is 53.4 Å². The van der Waals surface area contributed by atoms with E-state index in [1.165, 1.54) is 5.56 Å². The third-order valence-corrected chi connectivity index (χ3v) is 5.23. The molecule has 2 rings (SSSR count). The van der Waals surface area contributed by atoms with Gasteiger partial charge in [-0.15, -0.1) is 11.8 Å². The number of amides is 1. The van der Waals surface area contributed by atoms with Gasteiger partial charge >= 0.3 is 0 Å². The van der Waals surface area contributed by atoms with E-state index in [2.05, 4.69) is 31.3 Å². The highest BCUT2D eigenvalue weighted by Gasteiger charge is 2.18. The fourth-order valence-electron chi connectivity index (χ4n) is 2.17. The maximum Gasteiger partial charge on any atom is 0.237 e. The van der Waals surface area contributed by atoms with Crippen molar-refractivity contribution >= 4 is 35.0 Å². The molecule has 0 fully saturated rings. The number of carbonyl (C=O) groups is 1. The Balaban J connectivity index is 2.00. The molecule has 0 aliphatic rings. The molecule has 0 aromatic heterocycles. The van der Waals surface area contributed by atoms with Gasteiger partial charge < -0.3 is 5.32 Å². The summed E-state index contributed by atoms with van der Waals surface area (Å²) in [5.41, 5.74) is 2.11. The van der Waals surface area contributed by atoms with Crippen molar-refractivity contribution in [3.05, 3.63) is 59.1 Å². The quantitative estimate of drug-likeness (QED) is 0.652.